The number of ether oxygens (including phenoxy) is 1. The summed E-state index contributed by atoms with van der Waals surface area (Å²) in [4.78, 5) is 7.35. The molecule has 3 atom stereocenters. The van der Waals surface area contributed by atoms with Crippen LogP contribution in [0.15, 0.2) is 53.1 Å². The van der Waals surface area contributed by atoms with Crippen LogP contribution in [0.1, 0.15) is 24.8 Å². The second kappa shape index (κ2) is 9.56. The molecule has 1 unspecified atom stereocenters. The Morgan fingerprint density at radius 1 is 0.971 bits per heavy atom. The molecule has 7 heteroatoms. The number of nitrogens with zero attached hydrogens (tertiary/aromatic N) is 4. The minimum atomic E-state index is -0.174. The third kappa shape index (κ3) is 4.65. The van der Waals surface area contributed by atoms with Crippen LogP contribution in [0.5, 0.6) is 5.75 Å². The lowest BCUT2D eigenvalue weighted by atomic mass is 9.91. The molecule has 0 saturated carbocycles. The number of aliphatic hydroxyl groups excluding tert-OH is 1. The highest BCUT2D eigenvalue weighted by molar-refractivity contribution is 5.88. The SMILES string of the molecule is OC1CCN(Cc2cccc(OC[C@@H]3CC[C@H]4CN(c5noc6ccccc56)CCN4C3)c2)C1. The van der Waals surface area contributed by atoms with Crippen LogP contribution < -0.4 is 9.64 Å². The molecule has 3 saturated heterocycles. The molecule has 34 heavy (non-hydrogen) atoms. The number of likely N-dealkylation sites (tertiary alicyclic amines) is 1. The average molecular weight is 463 g/mol. The monoisotopic (exact) mass is 462 g/mol. The van der Waals surface area contributed by atoms with Crippen molar-refractivity contribution in [3.63, 3.8) is 0 Å². The predicted octanol–water partition coefficient (Wildman–Crippen LogP) is 3.37. The predicted molar refractivity (Wildman–Crippen MR) is 132 cm³/mol. The molecule has 3 aliphatic heterocycles. The van der Waals surface area contributed by atoms with E-state index in [2.05, 4.69) is 56.3 Å². The Labute approximate surface area is 200 Å². The van der Waals surface area contributed by atoms with Gasteiger partial charge in [-0.05, 0) is 49.1 Å². The van der Waals surface area contributed by atoms with E-state index in [-0.39, 0.29) is 6.10 Å². The van der Waals surface area contributed by atoms with E-state index in [1.807, 2.05) is 12.1 Å². The van der Waals surface area contributed by atoms with Gasteiger partial charge in [0.1, 0.15) is 5.75 Å². The molecule has 4 heterocycles. The summed E-state index contributed by atoms with van der Waals surface area (Å²) in [5.41, 5.74) is 2.12. The molecule has 3 aliphatic rings. The van der Waals surface area contributed by atoms with Crippen molar-refractivity contribution in [1.82, 2.24) is 15.0 Å². The van der Waals surface area contributed by atoms with Crippen molar-refractivity contribution in [2.24, 2.45) is 5.92 Å². The molecule has 1 aromatic heterocycles. The zero-order valence-electron chi connectivity index (χ0n) is 19.7. The number of benzene rings is 2. The number of rotatable bonds is 6. The van der Waals surface area contributed by atoms with Gasteiger partial charge in [0.2, 0.25) is 0 Å². The van der Waals surface area contributed by atoms with Crippen LogP contribution >= 0.6 is 0 Å². The average Bonchev–Trinajstić information content (AvgIpc) is 3.48. The summed E-state index contributed by atoms with van der Waals surface area (Å²) in [6.07, 6.45) is 3.09. The number of fused-ring (bicyclic) bond motifs is 2. The number of piperazine rings is 1. The number of piperidine rings is 1. The number of hydrogen-bond donors (Lipinski definition) is 1. The van der Waals surface area contributed by atoms with E-state index in [0.29, 0.717) is 12.0 Å². The van der Waals surface area contributed by atoms with Gasteiger partial charge in [-0.2, -0.15) is 0 Å². The Hall–Kier alpha value is -2.61. The Morgan fingerprint density at radius 3 is 2.82 bits per heavy atom. The van der Waals surface area contributed by atoms with Crippen molar-refractivity contribution >= 4 is 16.8 Å². The molecule has 0 spiro atoms. The molecule has 1 N–H and O–H groups in total. The van der Waals surface area contributed by atoms with Crippen molar-refractivity contribution < 1.29 is 14.4 Å². The van der Waals surface area contributed by atoms with Gasteiger partial charge in [0.25, 0.3) is 0 Å². The van der Waals surface area contributed by atoms with Gasteiger partial charge >= 0.3 is 0 Å². The lowest BCUT2D eigenvalue weighted by Gasteiger charge is -2.46. The van der Waals surface area contributed by atoms with Crippen molar-refractivity contribution in [3.8, 4) is 5.75 Å². The minimum Gasteiger partial charge on any atom is -0.493 e. The van der Waals surface area contributed by atoms with Crippen LogP contribution in [0.4, 0.5) is 5.82 Å². The van der Waals surface area contributed by atoms with Crippen LogP contribution in [0, 0.1) is 5.92 Å². The second-order valence-electron chi connectivity index (χ2n) is 10.2. The lowest BCUT2D eigenvalue weighted by molar-refractivity contribution is 0.0726. The number of aliphatic hydroxyl groups is 1. The normalized spacial score (nSPS) is 26.1. The summed E-state index contributed by atoms with van der Waals surface area (Å²) >= 11 is 0. The highest BCUT2D eigenvalue weighted by Gasteiger charge is 2.34. The zero-order chi connectivity index (χ0) is 22.9. The van der Waals surface area contributed by atoms with Gasteiger partial charge in [0.05, 0.1) is 18.1 Å². The van der Waals surface area contributed by atoms with Crippen molar-refractivity contribution in [1.29, 1.82) is 0 Å². The molecule has 3 fully saturated rings. The lowest BCUT2D eigenvalue weighted by Crippen LogP contribution is -2.57. The van der Waals surface area contributed by atoms with Crippen molar-refractivity contribution in [2.75, 3.05) is 50.8 Å². The molecular formula is C27H34N4O3. The first-order valence-electron chi connectivity index (χ1n) is 12.7. The molecule has 6 rings (SSSR count). The summed E-state index contributed by atoms with van der Waals surface area (Å²) in [7, 11) is 0. The highest BCUT2D eigenvalue weighted by atomic mass is 16.5. The molecule has 7 nitrogen and oxygen atoms in total. The van der Waals surface area contributed by atoms with E-state index >= 15 is 0 Å². The van der Waals surface area contributed by atoms with E-state index in [4.69, 9.17) is 9.26 Å². The smallest absolute Gasteiger partial charge is 0.180 e. The second-order valence-corrected chi connectivity index (χ2v) is 10.2. The Kier molecular flexibility index (Phi) is 6.16. The fraction of sp³-hybridized carbons (Fsp3) is 0.519. The Morgan fingerprint density at radius 2 is 1.91 bits per heavy atom. The van der Waals surface area contributed by atoms with E-state index in [1.54, 1.807) is 0 Å². The first-order valence-corrected chi connectivity index (χ1v) is 12.7. The molecule has 0 amide bonds. The number of aromatic nitrogens is 1. The molecule has 180 valence electrons. The number of hydrogen-bond acceptors (Lipinski definition) is 7. The van der Waals surface area contributed by atoms with Gasteiger partial charge in [-0.3, -0.25) is 9.80 Å². The fourth-order valence-corrected chi connectivity index (χ4v) is 5.85. The van der Waals surface area contributed by atoms with Crippen LogP contribution in [0.3, 0.4) is 0 Å². The van der Waals surface area contributed by atoms with Crippen LogP contribution in [-0.4, -0.2) is 78.1 Å². The van der Waals surface area contributed by atoms with E-state index < -0.39 is 0 Å². The minimum absolute atomic E-state index is 0.174. The van der Waals surface area contributed by atoms with Crippen LogP contribution in [0.25, 0.3) is 11.0 Å². The standard InChI is InChI=1S/C27H34N4O3/c32-23-10-11-29(18-23)15-20-4-3-5-24(14-20)33-19-21-8-9-22-17-31(13-12-30(22)16-21)27-25-6-1-2-7-26(25)34-28-27/h1-7,14,21-23,32H,8-13,15-19H2/t21-,22+,23?/m1/s1. The molecule has 0 radical (unpaired) electrons. The van der Waals surface area contributed by atoms with Crippen LogP contribution in [-0.2, 0) is 6.54 Å². The molecule has 3 aromatic rings. The molecule has 2 aromatic carbocycles. The highest BCUT2D eigenvalue weighted by Crippen LogP contribution is 2.31. The maximum absolute atomic E-state index is 9.77. The summed E-state index contributed by atoms with van der Waals surface area (Å²) in [5.74, 6) is 2.51. The third-order valence-electron chi connectivity index (χ3n) is 7.70. The zero-order valence-corrected chi connectivity index (χ0v) is 19.7. The van der Waals surface area contributed by atoms with Crippen molar-refractivity contribution in [3.05, 3.63) is 54.1 Å². The first-order chi connectivity index (χ1) is 16.7. The first kappa shape index (κ1) is 21.9. The summed E-state index contributed by atoms with van der Waals surface area (Å²) in [6, 6.07) is 17.2. The summed E-state index contributed by atoms with van der Waals surface area (Å²) in [6.45, 7) is 7.54. The quantitative estimate of drug-likeness (QED) is 0.603. The topological polar surface area (TPSA) is 65.2 Å². The van der Waals surface area contributed by atoms with Gasteiger partial charge in [0, 0.05) is 57.8 Å². The van der Waals surface area contributed by atoms with Crippen LogP contribution in [0.2, 0.25) is 0 Å². The number of β-amino-alcohol motifs (C(OH)–C–C–N with tert-alkyl or cyclic N) is 1. The van der Waals surface area contributed by atoms with Gasteiger partial charge < -0.3 is 19.3 Å². The third-order valence-corrected chi connectivity index (χ3v) is 7.70. The molecule has 0 aliphatic carbocycles. The number of para-hydroxylation sites is 1. The van der Waals surface area contributed by atoms with Gasteiger partial charge in [0.15, 0.2) is 11.4 Å². The van der Waals surface area contributed by atoms with Gasteiger partial charge in [-0.15, -0.1) is 0 Å². The van der Waals surface area contributed by atoms with Crippen molar-refractivity contribution in [2.45, 2.75) is 38.0 Å². The largest absolute Gasteiger partial charge is 0.493 e. The Balaban J connectivity index is 1.01. The fourth-order valence-electron chi connectivity index (χ4n) is 5.85. The molecular weight excluding hydrogens is 428 g/mol. The van der Waals surface area contributed by atoms with E-state index in [0.717, 1.165) is 81.4 Å². The Bertz CT molecular complexity index is 1120. The van der Waals surface area contributed by atoms with E-state index in [1.165, 1.54) is 18.4 Å². The summed E-state index contributed by atoms with van der Waals surface area (Å²) < 4.78 is 11.8. The number of anilines is 1. The molecule has 0 bridgehead atoms. The maximum atomic E-state index is 9.77. The van der Waals surface area contributed by atoms with Gasteiger partial charge in [-0.1, -0.05) is 29.4 Å². The summed E-state index contributed by atoms with van der Waals surface area (Å²) in [5, 5.41) is 15.3. The maximum Gasteiger partial charge on any atom is 0.180 e. The van der Waals surface area contributed by atoms with E-state index in [9.17, 15) is 5.11 Å². The van der Waals surface area contributed by atoms with Gasteiger partial charge in [-0.25, -0.2) is 0 Å².